The Morgan fingerprint density at radius 3 is 2.65 bits per heavy atom. The summed E-state index contributed by atoms with van der Waals surface area (Å²) in [6.07, 6.45) is 4.27. The van der Waals surface area contributed by atoms with Crippen molar-refractivity contribution in [2.45, 2.75) is 31.2 Å². The first kappa shape index (κ1) is 24.5. The normalized spacial score (nSPS) is 12.8. The second-order valence-electron chi connectivity index (χ2n) is 8.76. The lowest BCUT2D eigenvalue weighted by Crippen LogP contribution is -2.30. The number of nitrogens with one attached hydrogen (secondary N) is 4. The van der Waals surface area contributed by atoms with E-state index in [0.29, 0.717) is 47.7 Å². The van der Waals surface area contributed by atoms with Crippen LogP contribution in [0.3, 0.4) is 0 Å². The zero-order chi connectivity index (χ0) is 26.0. The molecule has 1 aliphatic heterocycles. The van der Waals surface area contributed by atoms with Gasteiger partial charge in [0.1, 0.15) is 22.3 Å². The molecule has 0 bridgehead atoms. The van der Waals surface area contributed by atoms with Crippen LogP contribution in [-0.2, 0) is 16.4 Å². The Balaban J connectivity index is 1.48. The van der Waals surface area contributed by atoms with Gasteiger partial charge in [-0.1, -0.05) is 12.1 Å². The molecule has 1 aliphatic rings. The van der Waals surface area contributed by atoms with E-state index >= 15 is 0 Å². The smallest absolute Gasteiger partial charge is 0.242 e. The molecule has 192 valence electrons. The van der Waals surface area contributed by atoms with Crippen LogP contribution in [-0.4, -0.2) is 47.9 Å². The van der Waals surface area contributed by atoms with Crippen LogP contribution in [0.4, 0.5) is 29.0 Å². The summed E-state index contributed by atoms with van der Waals surface area (Å²) in [5, 5.41) is 14.0. The summed E-state index contributed by atoms with van der Waals surface area (Å²) in [7, 11) is -2.13. The standard InChI is InChI=1S/C25H28N8O3S/c1-16(2)32-37(34,35)22-8-5-4-7-20(22)28-24-18-11-13-26-23(18)30-25(31-24)29-19-10-9-17(15-21(19)36-3)33-14-6-12-27-33/h4-10,12,14-16,32H,11,13H2,1-3H3,(H3,26,28,29,30,31). The maximum absolute atomic E-state index is 13.0. The number of nitrogens with zero attached hydrogens (tertiary/aromatic N) is 4. The van der Waals surface area contributed by atoms with Crippen LogP contribution in [0.1, 0.15) is 19.4 Å². The minimum Gasteiger partial charge on any atom is -0.494 e. The molecule has 0 aliphatic carbocycles. The Morgan fingerprint density at radius 1 is 1.05 bits per heavy atom. The molecule has 4 aromatic rings. The number of benzene rings is 2. The van der Waals surface area contributed by atoms with Gasteiger partial charge in [-0.2, -0.15) is 15.1 Å². The van der Waals surface area contributed by atoms with Crippen molar-refractivity contribution < 1.29 is 13.2 Å². The topological polar surface area (TPSA) is 135 Å². The summed E-state index contributed by atoms with van der Waals surface area (Å²) < 4.78 is 35.9. The number of para-hydroxylation sites is 1. The molecule has 4 N–H and O–H groups in total. The monoisotopic (exact) mass is 520 g/mol. The van der Waals surface area contributed by atoms with Crippen LogP contribution in [0.5, 0.6) is 5.75 Å². The molecular formula is C25H28N8O3S. The van der Waals surface area contributed by atoms with Gasteiger partial charge >= 0.3 is 0 Å². The van der Waals surface area contributed by atoms with Crippen LogP contribution in [0.15, 0.2) is 65.8 Å². The van der Waals surface area contributed by atoms with E-state index in [2.05, 4.69) is 30.8 Å². The second kappa shape index (κ2) is 10.1. The molecule has 5 rings (SSSR count). The largest absolute Gasteiger partial charge is 0.494 e. The SMILES string of the molecule is COc1cc(-n2cccn2)ccc1Nc1nc2c(c(Nc3ccccc3S(=O)(=O)NC(C)C)n1)CCN2. The number of ether oxygens (including phenoxy) is 1. The van der Waals surface area contributed by atoms with Gasteiger partial charge in [-0.15, -0.1) is 0 Å². The molecule has 0 amide bonds. The third kappa shape index (κ3) is 5.20. The molecule has 0 radical (unpaired) electrons. The minimum atomic E-state index is -3.73. The summed E-state index contributed by atoms with van der Waals surface area (Å²) in [4.78, 5) is 9.48. The summed E-state index contributed by atoms with van der Waals surface area (Å²) in [5.41, 5.74) is 2.83. The van der Waals surface area contributed by atoms with Crippen molar-refractivity contribution >= 4 is 39.0 Å². The van der Waals surface area contributed by atoms with Gasteiger partial charge in [-0.05, 0) is 50.6 Å². The van der Waals surface area contributed by atoms with E-state index in [1.807, 2.05) is 30.5 Å². The number of anilines is 5. The molecule has 12 heteroatoms. The van der Waals surface area contributed by atoms with Gasteiger partial charge < -0.3 is 20.7 Å². The van der Waals surface area contributed by atoms with E-state index in [4.69, 9.17) is 9.72 Å². The first-order chi connectivity index (χ1) is 17.8. The van der Waals surface area contributed by atoms with Crippen LogP contribution >= 0.6 is 0 Å². The average molecular weight is 521 g/mol. The predicted molar refractivity (Wildman–Crippen MR) is 143 cm³/mol. The van der Waals surface area contributed by atoms with Gasteiger partial charge in [0, 0.05) is 36.6 Å². The summed E-state index contributed by atoms with van der Waals surface area (Å²) in [6.45, 7) is 4.27. The van der Waals surface area contributed by atoms with Crippen molar-refractivity contribution in [1.29, 1.82) is 0 Å². The predicted octanol–water partition coefficient (Wildman–Crippen LogP) is 3.81. The lowest BCUT2D eigenvalue weighted by atomic mass is 10.2. The molecule has 0 saturated carbocycles. The molecule has 0 spiro atoms. The third-order valence-corrected chi connectivity index (χ3v) is 7.41. The van der Waals surface area contributed by atoms with E-state index in [9.17, 15) is 8.42 Å². The maximum atomic E-state index is 13.0. The number of methoxy groups -OCH3 is 1. The fraction of sp³-hybridized carbons (Fsp3) is 0.240. The lowest BCUT2D eigenvalue weighted by Gasteiger charge is -2.17. The molecular weight excluding hydrogens is 492 g/mol. The van der Waals surface area contributed by atoms with Crippen LogP contribution in [0, 0.1) is 0 Å². The summed E-state index contributed by atoms with van der Waals surface area (Å²) >= 11 is 0. The van der Waals surface area contributed by atoms with Crippen molar-refractivity contribution in [3.8, 4) is 11.4 Å². The fourth-order valence-electron chi connectivity index (χ4n) is 4.11. The Hall–Kier alpha value is -4.16. The molecule has 0 atom stereocenters. The lowest BCUT2D eigenvalue weighted by molar-refractivity contribution is 0.416. The highest BCUT2D eigenvalue weighted by Gasteiger charge is 2.23. The number of sulfonamides is 1. The average Bonchev–Trinajstić information content (AvgIpc) is 3.56. The second-order valence-corrected chi connectivity index (χ2v) is 10.4. The number of hydrogen-bond donors (Lipinski definition) is 4. The van der Waals surface area contributed by atoms with Gasteiger partial charge in [-0.25, -0.2) is 17.8 Å². The van der Waals surface area contributed by atoms with Crippen molar-refractivity contribution in [2.24, 2.45) is 0 Å². The Morgan fingerprint density at radius 2 is 1.89 bits per heavy atom. The van der Waals surface area contributed by atoms with Gasteiger partial charge in [0.25, 0.3) is 0 Å². The maximum Gasteiger partial charge on any atom is 0.242 e. The Labute approximate surface area is 215 Å². The molecule has 11 nitrogen and oxygen atoms in total. The van der Waals surface area contributed by atoms with Gasteiger partial charge in [0.15, 0.2) is 0 Å². The van der Waals surface area contributed by atoms with Crippen molar-refractivity contribution in [3.63, 3.8) is 0 Å². The number of fused-ring (bicyclic) bond motifs is 1. The van der Waals surface area contributed by atoms with Crippen molar-refractivity contribution in [2.75, 3.05) is 29.6 Å². The third-order valence-electron chi connectivity index (χ3n) is 5.70. The van der Waals surface area contributed by atoms with E-state index in [-0.39, 0.29) is 10.9 Å². The zero-order valence-corrected chi connectivity index (χ0v) is 21.5. The number of aromatic nitrogens is 4. The van der Waals surface area contributed by atoms with Crippen LogP contribution < -0.4 is 25.4 Å². The summed E-state index contributed by atoms with van der Waals surface area (Å²) in [6, 6.07) is 14.0. The zero-order valence-electron chi connectivity index (χ0n) is 20.7. The van der Waals surface area contributed by atoms with Crippen molar-refractivity contribution in [3.05, 3.63) is 66.5 Å². The van der Waals surface area contributed by atoms with E-state index in [1.54, 1.807) is 56.1 Å². The first-order valence-electron chi connectivity index (χ1n) is 11.8. The minimum absolute atomic E-state index is 0.146. The molecule has 3 heterocycles. The fourth-order valence-corrected chi connectivity index (χ4v) is 5.52. The molecule has 37 heavy (non-hydrogen) atoms. The van der Waals surface area contributed by atoms with Crippen LogP contribution in [0.25, 0.3) is 5.69 Å². The van der Waals surface area contributed by atoms with Crippen LogP contribution in [0.2, 0.25) is 0 Å². The quantitative estimate of drug-likeness (QED) is 0.260. The van der Waals surface area contributed by atoms with Gasteiger partial charge in [-0.3, -0.25) is 0 Å². The number of rotatable bonds is 9. The van der Waals surface area contributed by atoms with E-state index in [0.717, 1.165) is 11.3 Å². The van der Waals surface area contributed by atoms with Gasteiger partial charge in [0.2, 0.25) is 16.0 Å². The molecule has 0 saturated heterocycles. The van der Waals surface area contributed by atoms with Gasteiger partial charge in [0.05, 0.1) is 24.2 Å². The molecule has 0 unspecified atom stereocenters. The van der Waals surface area contributed by atoms with E-state index in [1.165, 1.54) is 0 Å². The Kier molecular flexibility index (Phi) is 6.68. The first-order valence-corrected chi connectivity index (χ1v) is 13.3. The Bertz CT molecular complexity index is 1520. The molecule has 2 aromatic carbocycles. The molecule has 0 fully saturated rings. The summed E-state index contributed by atoms with van der Waals surface area (Å²) in [5.74, 6) is 2.14. The highest BCUT2D eigenvalue weighted by molar-refractivity contribution is 7.89. The van der Waals surface area contributed by atoms with Crippen molar-refractivity contribution in [1.82, 2.24) is 24.5 Å². The highest BCUT2D eigenvalue weighted by Crippen LogP contribution is 2.34. The molecule has 2 aromatic heterocycles. The van der Waals surface area contributed by atoms with E-state index < -0.39 is 10.0 Å². The highest BCUT2D eigenvalue weighted by atomic mass is 32.2. The number of hydrogen-bond acceptors (Lipinski definition) is 9.